The number of fused-ring (bicyclic) bond motifs is 1. The Morgan fingerprint density at radius 1 is 0.962 bits per heavy atom. The van der Waals surface area contributed by atoms with Crippen molar-refractivity contribution in [3.05, 3.63) is 118 Å². The first kappa shape index (κ1) is 37.9. The number of aryl methyl sites for hydroxylation is 1. The summed E-state index contributed by atoms with van der Waals surface area (Å²) in [7, 11) is -2.22. The standard InChI is InChI=1S/C40H47N5O6Si/c1-40(2,3)52(4,5)51-35(31-18-20-34(46)38-32(31)19-21-37(48)45-38)25-41-23-28-15-16-29(24-42-28)43-36(47)13-9-10-26-14-17-30(27-11-7-6-8-12-27)33(22-26)44-39(49)50/h6-8,11-12,14-22,24,35,41,44,46H,9-10,13,23,25H2,1-5H3,(H,43,47)(H,45,48)(H,49,50)/t35-/m0/s1. The van der Waals surface area contributed by atoms with Gasteiger partial charge in [-0.3, -0.25) is 19.9 Å². The zero-order valence-electron chi connectivity index (χ0n) is 30.2. The van der Waals surface area contributed by atoms with Crippen molar-refractivity contribution >= 4 is 42.6 Å². The number of anilines is 2. The molecular weight excluding hydrogens is 675 g/mol. The largest absolute Gasteiger partial charge is 0.506 e. The lowest BCUT2D eigenvalue weighted by Crippen LogP contribution is -2.43. The number of benzene rings is 3. The maximum atomic E-state index is 12.8. The van der Waals surface area contributed by atoms with Crippen LogP contribution in [0.2, 0.25) is 18.1 Å². The third-order valence-electron chi connectivity index (χ3n) is 9.52. The number of amides is 2. The molecule has 6 N–H and O–H groups in total. The lowest BCUT2D eigenvalue weighted by atomic mass is 9.99. The molecule has 0 bridgehead atoms. The van der Waals surface area contributed by atoms with Crippen LogP contribution in [0.5, 0.6) is 5.75 Å². The number of carbonyl (C=O) groups excluding carboxylic acids is 1. The molecule has 2 amide bonds. The lowest BCUT2D eigenvalue weighted by Gasteiger charge is -2.39. The molecule has 0 radical (unpaired) electrons. The van der Waals surface area contributed by atoms with Crippen LogP contribution < -0.4 is 21.5 Å². The van der Waals surface area contributed by atoms with Crippen LogP contribution in [0.25, 0.3) is 22.0 Å². The summed E-state index contributed by atoms with van der Waals surface area (Å²) in [5.41, 5.74) is 5.48. The van der Waals surface area contributed by atoms with E-state index in [0.29, 0.717) is 49.2 Å². The number of phenolic OH excluding ortho intramolecular Hbond substituents is 1. The zero-order valence-corrected chi connectivity index (χ0v) is 31.2. The number of rotatable bonds is 14. The minimum Gasteiger partial charge on any atom is -0.506 e. The first-order chi connectivity index (χ1) is 24.7. The minimum atomic E-state index is -2.22. The summed E-state index contributed by atoms with van der Waals surface area (Å²) in [6.45, 7) is 11.9. The Morgan fingerprint density at radius 3 is 2.42 bits per heavy atom. The number of nitrogens with zero attached hydrogens (tertiary/aromatic N) is 1. The van der Waals surface area contributed by atoms with Crippen molar-refractivity contribution in [2.24, 2.45) is 0 Å². The molecular formula is C40H47N5O6Si. The Kier molecular flexibility index (Phi) is 11.9. The van der Waals surface area contributed by atoms with Crippen molar-refractivity contribution in [3.63, 3.8) is 0 Å². The number of aromatic hydroxyl groups is 1. The molecule has 2 aromatic heterocycles. The van der Waals surface area contributed by atoms with E-state index in [2.05, 4.69) is 59.8 Å². The number of carboxylic acid groups (broad SMARTS) is 1. The van der Waals surface area contributed by atoms with Crippen molar-refractivity contribution in [2.75, 3.05) is 17.2 Å². The second-order valence-electron chi connectivity index (χ2n) is 14.4. The van der Waals surface area contributed by atoms with E-state index in [1.807, 2.05) is 66.7 Å². The molecule has 0 spiro atoms. The first-order valence-electron chi connectivity index (χ1n) is 17.4. The van der Waals surface area contributed by atoms with Crippen LogP contribution in [-0.2, 0) is 22.2 Å². The van der Waals surface area contributed by atoms with E-state index in [1.54, 1.807) is 18.3 Å². The summed E-state index contributed by atoms with van der Waals surface area (Å²) < 4.78 is 6.88. The third kappa shape index (κ3) is 9.72. The fraction of sp³-hybridized carbons (Fsp3) is 0.300. The van der Waals surface area contributed by atoms with Gasteiger partial charge in [-0.25, -0.2) is 4.79 Å². The molecule has 0 saturated carbocycles. The average molecular weight is 722 g/mol. The molecule has 52 heavy (non-hydrogen) atoms. The Hall–Kier alpha value is -5.30. The van der Waals surface area contributed by atoms with Gasteiger partial charge in [-0.15, -0.1) is 0 Å². The quantitative estimate of drug-likeness (QED) is 0.0625. The molecule has 1 atom stereocenters. The van der Waals surface area contributed by atoms with Gasteiger partial charge in [0.15, 0.2) is 8.32 Å². The van der Waals surface area contributed by atoms with Crippen molar-refractivity contribution in [1.29, 1.82) is 0 Å². The molecule has 0 aliphatic heterocycles. The van der Waals surface area contributed by atoms with Crippen molar-refractivity contribution < 1.29 is 24.2 Å². The number of nitrogens with one attached hydrogen (secondary N) is 4. The van der Waals surface area contributed by atoms with Crippen LogP contribution in [0.4, 0.5) is 16.2 Å². The van der Waals surface area contributed by atoms with Crippen LogP contribution in [0.1, 0.15) is 56.5 Å². The molecule has 272 valence electrons. The number of hydrogen-bond acceptors (Lipinski definition) is 7. The summed E-state index contributed by atoms with van der Waals surface area (Å²) in [4.78, 5) is 43.5. The monoisotopic (exact) mass is 721 g/mol. The number of phenols is 1. The van der Waals surface area contributed by atoms with E-state index >= 15 is 0 Å². The second kappa shape index (κ2) is 16.4. The smallest absolute Gasteiger partial charge is 0.409 e. The summed E-state index contributed by atoms with van der Waals surface area (Å²) in [6, 6.07) is 25.5. The maximum Gasteiger partial charge on any atom is 0.409 e. The molecule has 0 saturated heterocycles. The van der Waals surface area contributed by atoms with Gasteiger partial charge in [-0.05, 0) is 78.0 Å². The number of aromatic nitrogens is 2. The second-order valence-corrected chi connectivity index (χ2v) is 19.2. The molecule has 2 heterocycles. The van der Waals surface area contributed by atoms with Gasteiger partial charge in [-0.2, -0.15) is 0 Å². The molecule has 3 aromatic carbocycles. The van der Waals surface area contributed by atoms with Gasteiger partial charge < -0.3 is 30.3 Å². The predicted molar refractivity (Wildman–Crippen MR) is 208 cm³/mol. The highest BCUT2D eigenvalue weighted by molar-refractivity contribution is 6.74. The number of pyridine rings is 2. The van der Waals surface area contributed by atoms with Gasteiger partial charge in [0.25, 0.3) is 0 Å². The molecule has 11 nitrogen and oxygen atoms in total. The van der Waals surface area contributed by atoms with Gasteiger partial charge in [-0.1, -0.05) is 69.3 Å². The van der Waals surface area contributed by atoms with Crippen LogP contribution >= 0.6 is 0 Å². The molecule has 0 aliphatic rings. The summed E-state index contributed by atoms with van der Waals surface area (Å²) in [6.07, 6.45) is 1.64. The predicted octanol–water partition coefficient (Wildman–Crippen LogP) is 8.20. The van der Waals surface area contributed by atoms with Crippen molar-refractivity contribution in [2.45, 2.75) is 70.8 Å². The van der Waals surface area contributed by atoms with Crippen LogP contribution in [-0.4, -0.2) is 47.0 Å². The molecule has 5 aromatic rings. The molecule has 0 fully saturated rings. The van der Waals surface area contributed by atoms with Crippen LogP contribution in [0.15, 0.2) is 95.9 Å². The number of hydrogen-bond donors (Lipinski definition) is 6. The Balaban J connectivity index is 1.17. The number of H-pyrrole nitrogens is 1. The zero-order chi connectivity index (χ0) is 37.5. The Labute approximate surface area is 304 Å². The van der Waals surface area contributed by atoms with Crippen LogP contribution in [0.3, 0.4) is 0 Å². The number of carbonyl (C=O) groups is 2. The fourth-order valence-electron chi connectivity index (χ4n) is 5.73. The highest BCUT2D eigenvalue weighted by Crippen LogP contribution is 2.41. The van der Waals surface area contributed by atoms with E-state index in [9.17, 15) is 24.6 Å². The van der Waals surface area contributed by atoms with Gasteiger partial charge in [0.05, 0.1) is 34.9 Å². The lowest BCUT2D eigenvalue weighted by molar-refractivity contribution is -0.116. The SMILES string of the molecule is CC(C)(C)[Si](C)(C)O[C@@H](CNCc1ccc(NC(=O)CCCc2ccc(-c3ccccc3)c(NC(=O)O)c2)cn1)c1ccc(O)c2[nH]c(=O)ccc12. The molecule has 0 aliphatic carbocycles. The van der Waals surface area contributed by atoms with E-state index < -0.39 is 14.4 Å². The topological polar surface area (TPSA) is 166 Å². The normalized spacial score (nSPS) is 12.4. The van der Waals surface area contributed by atoms with Gasteiger partial charge in [0, 0.05) is 36.5 Å². The number of aromatic amines is 1. The van der Waals surface area contributed by atoms with E-state index in [0.717, 1.165) is 33.3 Å². The van der Waals surface area contributed by atoms with Crippen molar-refractivity contribution in [1.82, 2.24) is 15.3 Å². The van der Waals surface area contributed by atoms with Gasteiger partial charge >= 0.3 is 6.09 Å². The first-order valence-corrected chi connectivity index (χ1v) is 20.3. The van der Waals surface area contributed by atoms with E-state index in [4.69, 9.17) is 4.43 Å². The summed E-state index contributed by atoms with van der Waals surface area (Å²) >= 11 is 0. The van der Waals surface area contributed by atoms with Crippen LogP contribution in [0, 0.1) is 0 Å². The van der Waals surface area contributed by atoms with Crippen molar-refractivity contribution in [3.8, 4) is 16.9 Å². The van der Waals surface area contributed by atoms with Gasteiger partial charge in [0.2, 0.25) is 11.5 Å². The molecule has 0 unspecified atom stereocenters. The maximum absolute atomic E-state index is 12.8. The Morgan fingerprint density at radius 2 is 1.73 bits per heavy atom. The van der Waals surface area contributed by atoms with E-state index in [-0.39, 0.29) is 28.4 Å². The fourth-order valence-corrected chi connectivity index (χ4v) is 7.01. The van der Waals surface area contributed by atoms with Gasteiger partial charge in [0.1, 0.15) is 5.75 Å². The minimum absolute atomic E-state index is 0.00446. The summed E-state index contributed by atoms with van der Waals surface area (Å²) in [5.74, 6) is -0.129. The average Bonchev–Trinajstić information content (AvgIpc) is 3.09. The Bertz CT molecular complexity index is 2080. The highest BCUT2D eigenvalue weighted by atomic mass is 28.4. The molecule has 5 rings (SSSR count). The highest BCUT2D eigenvalue weighted by Gasteiger charge is 2.39. The third-order valence-corrected chi connectivity index (χ3v) is 14.0. The van der Waals surface area contributed by atoms with E-state index in [1.165, 1.54) is 6.07 Å². The summed E-state index contributed by atoms with van der Waals surface area (Å²) in [5, 5.41) is 29.4. The molecule has 12 heteroatoms.